The van der Waals surface area contributed by atoms with Crippen LogP contribution < -0.4 is 5.32 Å². The average Bonchev–Trinajstić information content (AvgIpc) is 2.99. The minimum atomic E-state index is 0.00253. The van der Waals surface area contributed by atoms with Crippen molar-refractivity contribution >= 4 is 11.6 Å². The Balaban J connectivity index is 1.60. The van der Waals surface area contributed by atoms with Crippen molar-refractivity contribution in [3.63, 3.8) is 0 Å². The molecule has 2 aromatic rings. The maximum absolute atomic E-state index is 12.4. The number of amides is 2. The largest absolute Gasteiger partial charge is 0.353 e. The van der Waals surface area contributed by atoms with Crippen LogP contribution in [0.25, 0.3) is 5.57 Å². The normalized spacial score (nSPS) is 14.6. The van der Waals surface area contributed by atoms with E-state index in [1.807, 2.05) is 53.0 Å². The van der Waals surface area contributed by atoms with Crippen molar-refractivity contribution in [3.05, 3.63) is 66.0 Å². The van der Waals surface area contributed by atoms with Crippen LogP contribution >= 0.6 is 0 Å². The first-order chi connectivity index (χ1) is 10.7. The molecule has 1 aliphatic rings. The molecule has 0 fully saturated rings. The first kappa shape index (κ1) is 14.4. The molecule has 1 aromatic carbocycles. The second-order valence-corrected chi connectivity index (χ2v) is 5.57. The van der Waals surface area contributed by atoms with Crippen LogP contribution in [-0.2, 0) is 13.6 Å². The quantitative estimate of drug-likeness (QED) is 0.928. The number of hydrogen-bond acceptors (Lipinski definition) is 1. The van der Waals surface area contributed by atoms with Crippen molar-refractivity contribution in [2.24, 2.45) is 7.05 Å². The number of benzene rings is 1. The highest BCUT2D eigenvalue weighted by Crippen LogP contribution is 2.20. The van der Waals surface area contributed by atoms with E-state index in [1.165, 1.54) is 11.1 Å². The van der Waals surface area contributed by atoms with Crippen molar-refractivity contribution in [3.8, 4) is 0 Å². The number of rotatable bonds is 3. The van der Waals surface area contributed by atoms with E-state index in [-0.39, 0.29) is 6.03 Å². The van der Waals surface area contributed by atoms with Gasteiger partial charge in [0.15, 0.2) is 0 Å². The van der Waals surface area contributed by atoms with Crippen molar-refractivity contribution in [1.29, 1.82) is 0 Å². The average molecular weight is 295 g/mol. The summed E-state index contributed by atoms with van der Waals surface area (Å²) in [7, 11) is 1.98. The Labute approximate surface area is 131 Å². The predicted molar refractivity (Wildman–Crippen MR) is 88.3 cm³/mol. The highest BCUT2D eigenvalue weighted by molar-refractivity contribution is 5.78. The van der Waals surface area contributed by atoms with Gasteiger partial charge in [0, 0.05) is 32.0 Å². The molecule has 4 heteroatoms. The Hall–Kier alpha value is -2.49. The van der Waals surface area contributed by atoms with Gasteiger partial charge in [-0.25, -0.2) is 4.79 Å². The molecule has 114 valence electrons. The number of aromatic nitrogens is 1. The maximum atomic E-state index is 12.4. The summed E-state index contributed by atoms with van der Waals surface area (Å²) >= 11 is 0. The first-order valence-electron chi connectivity index (χ1n) is 7.61. The van der Waals surface area contributed by atoms with Gasteiger partial charge in [-0.2, -0.15) is 0 Å². The topological polar surface area (TPSA) is 37.3 Å². The molecule has 3 rings (SSSR count). The van der Waals surface area contributed by atoms with Gasteiger partial charge in [0.05, 0.1) is 6.54 Å². The lowest BCUT2D eigenvalue weighted by atomic mass is 10.0. The number of carbonyl (C=O) groups is 1. The lowest BCUT2D eigenvalue weighted by Crippen LogP contribution is -2.42. The third-order valence-corrected chi connectivity index (χ3v) is 4.05. The van der Waals surface area contributed by atoms with Gasteiger partial charge in [-0.3, -0.25) is 0 Å². The summed E-state index contributed by atoms with van der Waals surface area (Å²) < 4.78 is 2.02. The minimum Gasteiger partial charge on any atom is -0.353 e. The summed E-state index contributed by atoms with van der Waals surface area (Å²) in [5.74, 6) is 0. The molecule has 2 heterocycles. The van der Waals surface area contributed by atoms with E-state index < -0.39 is 0 Å². The molecular formula is C18H21N3O. The number of hydrogen-bond donors (Lipinski definition) is 1. The second-order valence-electron chi connectivity index (χ2n) is 5.57. The molecule has 0 radical (unpaired) electrons. The summed E-state index contributed by atoms with van der Waals surface area (Å²) in [5, 5.41) is 3.01. The molecule has 4 nitrogen and oxygen atoms in total. The molecule has 0 spiro atoms. The van der Waals surface area contributed by atoms with E-state index >= 15 is 0 Å². The van der Waals surface area contributed by atoms with E-state index in [9.17, 15) is 4.79 Å². The van der Waals surface area contributed by atoms with Crippen molar-refractivity contribution in [1.82, 2.24) is 14.8 Å². The Morgan fingerprint density at radius 1 is 1.18 bits per heavy atom. The predicted octanol–water partition coefficient (Wildman–Crippen LogP) is 3.02. The van der Waals surface area contributed by atoms with Gasteiger partial charge in [-0.1, -0.05) is 36.4 Å². The van der Waals surface area contributed by atoms with Crippen molar-refractivity contribution in [2.75, 3.05) is 13.1 Å². The van der Waals surface area contributed by atoms with Gasteiger partial charge < -0.3 is 14.8 Å². The fraction of sp³-hybridized carbons (Fsp3) is 0.278. The summed E-state index contributed by atoms with van der Waals surface area (Å²) in [6, 6.07) is 14.3. The smallest absolute Gasteiger partial charge is 0.318 e. The van der Waals surface area contributed by atoms with Gasteiger partial charge in [0.1, 0.15) is 0 Å². The fourth-order valence-electron chi connectivity index (χ4n) is 2.74. The first-order valence-corrected chi connectivity index (χ1v) is 7.61. The summed E-state index contributed by atoms with van der Waals surface area (Å²) in [6.07, 6.45) is 5.12. The molecule has 1 aromatic heterocycles. The van der Waals surface area contributed by atoms with E-state index in [4.69, 9.17) is 0 Å². The van der Waals surface area contributed by atoms with Gasteiger partial charge in [0.25, 0.3) is 0 Å². The van der Waals surface area contributed by atoms with Crippen LogP contribution in [0.1, 0.15) is 17.7 Å². The van der Waals surface area contributed by atoms with Crippen LogP contribution in [0.3, 0.4) is 0 Å². The molecule has 0 aliphatic carbocycles. The lowest BCUT2D eigenvalue weighted by Gasteiger charge is -2.28. The molecule has 1 N–H and O–H groups in total. The lowest BCUT2D eigenvalue weighted by molar-refractivity contribution is 0.203. The van der Waals surface area contributed by atoms with Crippen molar-refractivity contribution in [2.45, 2.75) is 13.0 Å². The zero-order valence-electron chi connectivity index (χ0n) is 12.8. The highest BCUT2D eigenvalue weighted by Gasteiger charge is 2.18. The zero-order valence-corrected chi connectivity index (χ0v) is 12.8. The van der Waals surface area contributed by atoms with Crippen molar-refractivity contribution < 1.29 is 4.79 Å². The number of carbonyl (C=O) groups excluding carboxylic acids is 1. The third-order valence-electron chi connectivity index (χ3n) is 4.05. The van der Waals surface area contributed by atoms with E-state index in [1.54, 1.807) is 0 Å². The SMILES string of the molecule is Cn1cccc1CNC(=O)N1CCC=C(c2ccccc2)C1. The van der Waals surface area contributed by atoms with Gasteiger partial charge >= 0.3 is 6.03 Å². The van der Waals surface area contributed by atoms with Crippen LogP contribution in [0.2, 0.25) is 0 Å². The third kappa shape index (κ3) is 3.22. The van der Waals surface area contributed by atoms with Crippen LogP contribution in [0.4, 0.5) is 4.79 Å². The standard InChI is InChI=1S/C18H21N3O/c1-20-11-6-10-17(20)13-19-18(22)21-12-5-9-16(14-21)15-7-3-2-4-8-15/h2-4,6-11H,5,12-14H2,1H3,(H,19,22). The van der Waals surface area contributed by atoms with E-state index in [2.05, 4.69) is 23.5 Å². The Morgan fingerprint density at radius 2 is 2.00 bits per heavy atom. The minimum absolute atomic E-state index is 0.00253. The zero-order chi connectivity index (χ0) is 15.4. The maximum Gasteiger partial charge on any atom is 0.318 e. The van der Waals surface area contributed by atoms with Gasteiger partial charge in [0.2, 0.25) is 0 Å². The molecule has 1 aliphatic heterocycles. The molecule has 0 atom stereocenters. The summed E-state index contributed by atoms with van der Waals surface area (Å²) in [6.45, 7) is 2.00. The molecule has 22 heavy (non-hydrogen) atoms. The Kier molecular flexibility index (Phi) is 4.28. The Bertz CT molecular complexity index is 673. The fourth-order valence-corrected chi connectivity index (χ4v) is 2.74. The van der Waals surface area contributed by atoms with Gasteiger partial charge in [-0.05, 0) is 29.7 Å². The van der Waals surface area contributed by atoms with Gasteiger partial charge in [-0.15, -0.1) is 0 Å². The molecule has 0 bridgehead atoms. The number of nitrogens with zero attached hydrogens (tertiary/aromatic N) is 2. The van der Waals surface area contributed by atoms with Crippen LogP contribution in [0.5, 0.6) is 0 Å². The van der Waals surface area contributed by atoms with Crippen LogP contribution in [0.15, 0.2) is 54.7 Å². The number of nitrogens with one attached hydrogen (secondary N) is 1. The summed E-state index contributed by atoms with van der Waals surface area (Å²) in [4.78, 5) is 14.2. The molecule has 2 amide bonds. The van der Waals surface area contributed by atoms with Crippen LogP contribution in [0, 0.1) is 0 Å². The molecule has 0 unspecified atom stereocenters. The number of urea groups is 1. The molecule has 0 saturated heterocycles. The monoisotopic (exact) mass is 295 g/mol. The second kappa shape index (κ2) is 6.52. The Morgan fingerprint density at radius 3 is 2.73 bits per heavy atom. The number of aryl methyl sites for hydroxylation is 1. The summed E-state index contributed by atoms with van der Waals surface area (Å²) in [5.41, 5.74) is 3.52. The van der Waals surface area contributed by atoms with E-state index in [0.29, 0.717) is 13.1 Å². The highest BCUT2D eigenvalue weighted by atomic mass is 16.2. The van der Waals surface area contributed by atoms with E-state index in [0.717, 1.165) is 18.7 Å². The van der Waals surface area contributed by atoms with Crippen LogP contribution in [-0.4, -0.2) is 28.6 Å². The molecular weight excluding hydrogens is 274 g/mol. The molecule has 0 saturated carbocycles.